The van der Waals surface area contributed by atoms with E-state index >= 15 is 0 Å². The lowest BCUT2D eigenvalue weighted by molar-refractivity contribution is -0.143. The third-order valence-electron chi connectivity index (χ3n) is 4.18. The molecule has 0 aromatic rings. The van der Waals surface area contributed by atoms with Crippen LogP contribution in [0.25, 0.3) is 0 Å². The minimum atomic E-state index is -0.800. The first kappa shape index (κ1) is 16.4. The van der Waals surface area contributed by atoms with Gasteiger partial charge in [-0.2, -0.15) is 11.8 Å². The van der Waals surface area contributed by atoms with E-state index < -0.39 is 12.0 Å². The van der Waals surface area contributed by atoms with E-state index in [1.807, 2.05) is 26.5 Å². The molecule has 0 spiro atoms. The molecule has 2 saturated heterocycles. The summed E-state index contributed by atoms with van der Waals surface area (Å²) in [5, 5.41) is 9.99. The van der Waals surface area contributed by atoms with E-state index in [0.29, 0.717) is 36.7 Å². The van der Waals surface area contributed by atoms with E-state index in [1.165, 1.54) is 0 Å². The van der Waals surface area contributed by atoms with Gasteiger partial charge in [0.05, 0.1) is 0 Å². The molecule has 2 aliphatic heterocycles. The van der Waals surface area contributed by atoms with Crippen LogP contribution >= 0.6 is 11.8 Å². The summed E-state index contributed by atoms with van der Waals surface area (Å²) in [5.41, 5.74) is 0. The monoisotopic (exact) mass is 315 g/mol. The minimum absolute atomic E-state index is 0.108. The van der Waals surface area contributed by atoms with Crippen LogP contribution in [0.1, 0.15) is 20.8 Å². The molecule has 7 heteroatoms. The standard InChI is InChI=1S/C14H25N3O3S/c1-10-8-17(9-11(2)21-10)14(20)16-6-4-15(5-7-16)12(3)13(18)19/h10-12H,4-9H2,1-3H3,(H,18,19). The number of aliphatic carboxylic acids is 1. The molecule has 0 radical (unpaired) electrons. The summed E-state index contributed by atoms with van der Waals surface area (Å²) in [5.74, 6) is -0.800. The molecule has 21 heavy (non-hydrogen) atoms. The molecule has 2 rings (SSSR count). The van der Waals surface area contributed by atoms with E-state index in [0.717, 1.165) is 13.1 Å². The van der Waals surface area contributed by atoms with E-state index in [1.54, 1.807) is 6.92 Å². The maximum atomic E-state index is 12.6. The number of carboxylic acid groups (broad SMARTS) is 1. The first-order valence-electron chi connectivity index (χ1n) is 7.54. The maximum absolute atomic E-state index is 12.6. The average molecular weight is 315 g/mol. The molecule has 3 unspecified atom stereocenters. The Kier molecular flexibility index (Phi) is 5.37. The van der Waals surface area contributed by atoms with Crippen LogP contribution < -0.4 is 0 Å². The largest absolute Gasteiger partial charge is 0.480 e. The van der Waals surface area contributed by atoms with Crippen LogP contribution in [-0.2, 0) is 4.79 Å². The van der Waals surface area contributed by atoms with Crippen LogP contribution in [-0.4, -0.2) is 87.6 Å². The van der Waals surface area contributed by atoms with Gasteiger partial charge in [-0.25, -0.2) is 4.79 Å². The molecule has 0 bridgehead atoms. The predicted molar refractivity (Wildman–Crippen MR) is 83.7 cm³/mol. The predicted octanol–water partition coefficient (Wildman–Crippen LogP) is 1.02. The van der Waals surface area contributed by atoms with Crippen LogP contribution in [0, 0.1) is 0 Å². The number of piperazine rings is 1. The van der Waals surface area contributed by atoms with E-state index in [-0.39, 0.29) is 6.03 Å². The van der Waals surface area contributed by atoms with Gasteiger partial charge in [-0.15, -0.1) is 0 Å². The fourth-order valence-electron chi connectivity index (χ4n) is 2.99. The lowest BCUT2D eigenvalue weighted by atomic mass is 10.2. The number of hydrogen-bond donors (Lipinski definition) is 1. The van der Waals surface area contributed by atoms with Gasteiger partial charge in [0, 0.05) is 49.8 Å². The molecule has 2 amide bonds. The van der Waals surface area contributed by atoms with Crippen molar-refractivity contribution in [3.8, 4) is 0 Å². The second-order valence-electron chi connectivity index (χ2n) is 5.98. The summed E-state index contributed by atoms with van der Waals surface area (Å²) >= 11 is 1.93. The molecule has 0 aromatic carbocycles. The molecule has 0 saturated carbocycles. The van der Waals surface area contributed by atoms with Crippen LogP contribution in [0.2, 0.25) is 0 Å². The highest BCUT2D eigenvalue weighted by Crippen LogP contribution is 2.25. The van der Waals surface area contributed by atoms with E-state index in [2.05, 4.69) is 13.8 Å². The van der Waals surface area contributed by atoms with Crippen molar-refractivity contribution in [2.24, 2.45) is 0 Å². The smallest absolute Gasteiger partial charge is 0.320 e. The zero-order valence-electron chi connectivity index (χ0n) is 13.0. The Balaban J connectivity index is 1.87. The number of nitrogens with zero attached hydrogens (tertiary/aromatic N) is 3. The highest BCUT2D eigenvalue weighted by atomic mass is 32.2. The minimum Gasteiger partial charge on any atom is -0.480 e. The molecular weight excluding hydrogens is 290 g/mol. The van der Waals surface area contributed by atoms with Crippen molar-refractivity contribution in [2.75, 3.05) is 39.3 Å². The molecule has 2 aliphatic rings. The van der Waals surface area contributed by atoms with Crippen molar-refractivity contribution in [3.05, 3.63) is 0 Å². The Morgan fingerprint density at radius 3 is 2.05 bits per heavy atom. The van der Waals surface area contributed by atoms with Gasteiger partial charge in [0.1, 0.15) is 6.04 Å². The number of carbonyl (C=O) groups excluding carboxylic acids is 1. The van der Waals surface area contributed by atoms with Crippen molar-refractivity contribution in [2.45, 2.75) is 37.3 Å². The van der Waals surface area contributed by atoms with Gasteiger partial charge in [-0.05, 0) is 6.92 Å². The fraction of sp³-hybridized carbons (Fsp3) is 0.857. The fourth-order valence-corrected chi connectivity index (χ4v) is 4.32. The van der Waals surface area contributed by atoms with Crippen LogP contribution in [0.3, 0.4) is 0 Å². The topological polar surface area (TPSA) is 64.1 Å². The Labute approximate surface area is 130 Å². The molecule has 0 aromatic heterocycles. The normalized spacial score (nSPS) is 29.3. The zero-order valence-corrected chi connectivity index (χ0v) is 13.8. The Bertz CT molecular complexity index is 389. The van der Waals surface area contributed by atoms with Crippen molar-refractivity contribution >= 4 is 23.8 Å². The lowest BCUT2D eigenvalue weighted by Crippen LogP contribution is -2.57. The summed E-state index contributed by atoms with van der Waals surface area (Å²) in [7, 11) is 0. The van der Waals surface area contributed by atoms with Crippen molar-refractivity contribution in [1.29, 1.82) is 0 Å². The number of carboxylic acids is 1. The first-order valence-corrected chi connectivity index (χ1v) is 8.49. The number of hydrogen-bond acceptors (Lipinski definition) is 4. The summed E-state index contributed by atoms with van der Waals surface area (Å²) in [6.45, 7) is 10.1. The second kappa shape index (κ2) is 6.87. The first-order chi connectivity index (χ1) is 9.88. The number of carbonyl (C=O) groups is 2. The summed E-state index contributed by atoms with van der Waals surface area (Å²) in [4.78, 5) is 29.3. The van der Waals surface area contributed by atoms with Gasteiger partial charge in [-0.1, -0.05) is 13.8 Å². The van der Waals surface area contributed by atoms with Gasteiger partial charge >= 0.3 is 12.0 Å². The van der Waals surface area contributed by atoms with Crippen molar-refractivity contribution in [3.63, 3.8) is 0 Å². The number of amides is 2. The lowest BCUT2D eigenvalue weighted by Gasteiger charge is -2.41. The highest BCUT2D eigenvalue weighted by Gasteiger charge is 2.32. The van der Waals surface area contributed by atoms with Crippen molar-refractivity contribution in [1.82, 2.24) is 14.7 Å². The number of rotatable bonds is 2. The van der Waals surface area contributed by atoms with E-state index in [9.17, 15) is 9.59 Å². The summed E-state index contributed by atoms with van der Waals surface area (Å²) < 4.78 is 0. The average Bonchev–Trinajstić information content (AvgIpc) is 2.44. The van der Waals surface area contributed by atoms with Gasteiger partial charge in [0.25, 0.3) is 0 Å². The molecule has 2 fully saturated rings. The molecule has 2 heterocycles. The third kappa shape index (κ3) is 4.03. The van der Waals surface area contributed by atoms with Crippen LogP contribution in [0.4, 0.5) is 4.79 Å². The quantitative estimate of drug-likeness (QED) is 0.824. The Morgan fingerprint density at radius 1 is 1.05 bits per heavy atom. The third-order valence-corrected chi connectivity index (χ3v) is 5.41. The van der Waals surface area contributed by atoms with Crippen LogP contribution in [0.5, 0.6) is 0 Å². The number of urea groups is 1. The van der Waals surface area contributed by atoms with Crippen molar-refractivity contribution < 1.29 is 14.7 Å². The second-order valence-corrected chi connectivity index (χ2v) is 7.86. The number of thioether (sulfide) groups is 1. The maximum Gasteiger partial charge on any atom is 0.320 e. The molecular formula is C14H25N3O3S. The SMILES string of the molecule is CC1CN(C(=O)N2CCN(C(C)C(=O)O)CC2)CC(C)S1. The van der Waals surface area contributed by atoms with Gasteiger partial charge < -0.3 is 14.9 Å². The molecule has 0 aliphatic carbocycles. The van der Waals surface area contributed by atoms with Gasteiger partial charge in [0.15, 0.2) is 0 Å². The summed E-state index contributed by atoms with van der Waals surface area (Å²) in [6.07, 6.45) is 0. The van der Waals surface area contributed by atoms with Crippen LogP contribution in [0.15, 0.2) is 0 Å². The Morgan fingerprint density at radius 2 is 1.57 bits per heavy atom. The van der Waals surface area contributed by atoms with Gasteiger partial charge in [-0.3, -0.25) is 9.69 Å². The molecule has 1 N–H and O–H groups in total. The molecule has 3 atom stereocenters. The molecule has 120 valence electrons. The Hall–Kier alpha value is -0.950. The van der Waals surface area contributed by atoms with E-state index in [4.69, 9.17) is 5.11 Å². The molecule has 6 nitrogen and oxygen atoms in total. The zero-order chi connectivity index (χ0) is 15.6. The summed E-state index contributed by atoms with van der Waals surface area (Å²) in [6, 6.07) is -0.370. The highest BCUT2D eigenvalue weighted by molar-refractivity contribution is 8.00. The van der Waals surface area contributed by atoms with Gasteiger partial charge in [0.2, 0.25) is 0 Å².